The van der Waals surface area contributed by atoms with Crippen LogP contribution < -0.4 is 5.32 Å². The zero-order valence-electron chi connectivity index (χ0n) is 20.9. The summed E-state index contributed by atoms with van der Waals surface area (Å²) in [5.41, 5.74) is -1.26. The molecule has 1 amide bonds. The number of hydrogen-bond acceptors (Lipinski definition) is 7. The number of likely N-dealkylation sites (tertiary alicyclic amines) is 1. The molecule has 0 aliphatic carbocycles. The van der Waals surface area contributed by atoms with E-state index < -0.39 is 41.1 Å². The van der Waals surface area contributed by atoms with Crippen LogP contribution in [0.1, 0.15) is 68.7 Å². The molecule has 0 spiro atoms. The Bertz CT molecular complexity index is 745. The highest BCUT2D eigenvalue weighted by atomic mass is 16.6. The molecule has 1 heterocycles. The Hall–Kier alpha value is -2.35. The molecule has 8 heteroatoms. The number of carbonyl (C=O) groups excluding carboxylic acids is 3. The third kappa shape index (κ3) is 8.30. The number of esters is 2. The number of nitrogens with zero attached hydrogens (tertiary/aromatic N) is 1. The molecule has 0 saturated carbocycles. The Morgan fingerprint density at radius 2 is 1.66 bits per heavy atom. The summed E-state index contributed by atoms with van der Waals surface area (Å²) in [6.45, 7) is 16.1. The fourth-order valence-corrected chi connectivity index (χ4v) is 3.84. The molecule has 0 aromatic heterocycles. The average molecular weight is 453 g/mol. The van der Waals surface area contributed by atoms with Gasteiger partial charge in [-0.2, -0.15) is 0 Å². The first-order valence-electron chi connectivity index (χ1n) is 11.1. The van der Waals surface area contributed by atoms with Gasteiger partial charge in [-0.25, -0.2) is 0 Å². The minimum Gasteiger partial charge on any atom is -0.514 e. The van der Waals surface area contributed by atoms with Crippen molar-refractivity contribution in [2.75, 3.05) is 6.54 Å². The molecule has 0 aromatic carbocycles. The van der Waals surface area contributed by atoms with Crippen molar-refractivity contribution in [3.63, 3.8) is 0 Å². The van der Waals surface area contributed by atoms with Gasteiger partial charge >= 0.3 is 11.9 Å². The van der Waals surface area contributed by atoms with Crippen LogP contribution >= 0.6 is 0 Å². The molecule has 8 nitrogen and oxygen atoms in total. The van der Waals surface area contributed by atoms with Crippen LogP contribution in [0.15, 0.2) is 24.1 Å². The summed E-state index contributed by atoms with van der Waals surface area (Å²) in [6.07, 6.45) is 5.20. The van der Waals surface area contributed by atoms with E-state index in [1.165, 1.54) is 6.92 Å². The second-order valence-corrected chi connectivity index (χ2v) is 10.3. The lowest BCUT2D eigenvalue weighted by molar-refractivity contribution is -0.169. The minimum atomic E-state index is -0.924. The van der Waals surface area contributed by atoms with Crippen molar-refractivity contribution in [2.45, 2.75) is 92.0 Å². The number of carbonyl (C=O) groups is 3. The predicted octanol–water partition coefficient (Wildman–Crippen LogP) is 3.48. The van der Waals surface area contributed by atoms with Crippen molar-refractivity contribution in [1.82, 2.24) is 10.2 Å². The predicted molar refractivity (Wildman–Crippen MR) is 123 cm³/mol. The van der Waals surface area contributed by atoms with Gasteiger partial charge < -0.3 is 19.9 Å². The van der Waals surface area contributed by atoms with E-state index in [1.807, 2.05) is 19.1 Å². The number of aliphatic hydroxyl groups excluding tert-OH is 1. The second-order valence-electron chi connectivity index (χ2n) is 10.3. The number of amides is 1. The Kier molecular flexibility index (Phi) is 9.50. The van der Waals surface area contributed by atoms with Gasteiger partial charge in [-0.1, -0.05) is 19.1 Å². The van der Waals surface area contributed by atoms with Gasteiger partial charge in [0.2, 0.25) is 5.91 Å². The molecule has 1 saturated heterocycles. The zero-order valence-corrected chi connectivity index (χ0v) is 20.9. The quantitative estimate of drug-likeness (QED) is 0.346. The fraction of sp³-hybridized carbons (Fsp3) is 0.708. The van der Waals surface area contributed by atoms with Gasteiger partial charge in [0.25, 0.3) is 0 Å². The van der Waals surface area contributed by atoms with Gasteiger partial charge in [-0.15, -0.1) is 0 Å². The summed E-state index contributed by atoms with van der Waals surface area (Å²) in [5.74, 6) is -1.95. The van der Waals surface area contributed by atoms with Crippen LogP contribution in [0, 0.1) is 11.8 Å². The fourth-order valence-electron chi connectivity index (χ4n) is 3.84. The van der Waals surface area contributed by atoms with Crippen molar-refractivity contribution >= 4 is 17.8 Å². The minimum absolute atomic E-state index is 0.0389. The van der Waals surface area contributed by atoms with E-state index in [1.54, 1.807) is 53.4 Å². The zero-order chi connectivity index (χ0) is 24.9. The van der Waals surface area contributed by atoms with Crippen LogP contribution in [0.4, 0.5) is 0 Å². The largest absolute Gasteiger partial charge is 0.514 e. The first-order valence-corrected chi connectivity index (χ1v) is 11.1. The third-order valence-corrected chi connectivity index (χ3v) is 4.94. The van der Waals surface area contributed by atoms with Crippen LogP contribution in [0.3, 0.4) is 0 Å². The second kappa shape index (κ2) is 11.0. The number of aliphatic hydroxyl groups is 1. The number of hydrogen-bond donors (Lipinski definition) is 2. The molecule has 0 bridgehead atoms. The smallest absolute Gasteiger partial charge is 0.324 e. The molecule has 2 N–H and O–H groups in total. The summed E-state index contributed by atoms with van der Waals surface area (Å²) in [7, 11) is 0. The molecule has 182 valence electrons. The number of ether oxygens (including phenoxy) is 2. The molecule has 1 fully saturated rings. The molecular formula is C24H40N2O6. The molecule has 4 atom stereocenters. The first kappa shape index (κ1) is 27.7. The molecule has 1 rings (SSSR count). The topological polar surface area (TPSA) is 105 Å². The lowest BCUT2D eigenvalue weighted by Gasteiger charge is -2.37. The van der Waals surface area contributed by atoms with Gasteiger partial charge in [0.05, 0.1) is 12.0 Å². The average Bonchev–Trinajstić information content (AvgIpc) is 3.00. The van der Waals surface area contributed by atoms with Gasteiger partial charge in [0, 0.05) is 19.4 Å². The number of nitrogens with one attached hydrogen (secondary N) is 1. The van der Waals surface area contributed by atoms with Gasteiger partial charge in [-0.05, 0) is 60.8 Å². The van der Waals surface area contributed by atoms with E-state index in [0.29, 0.717) is 13.0 Å². The Balaban J connectivity index is 3.45. The van der Waals surface area contributed by atoms with Crippen molar-refractivity contribution < 1.29 is 29.0 Å². The van der Waals surface area contributed by atoms with Crippen molar-refractivity contribution in [2.24, 2.45) is 11.8 Å². The van der Waals surface area contributed by atoms with E-state index in [9.17, 15) is 19.5 Å². The highest BCUT2D eigenvalue weighted by Crippen LogP contribution is 2.33. The van der Waals surface area contributed by atoms with E-state index >= 15 is 0 Å². The van der Waals surface area contributed by atoms with Crippen LogP contribution in [-0.4, -0.2) is 57.7 Å². The van der Waals surface area contributed by atoms with Gasteiger partial charge in [-0.3, -0.25) is 19.3 Å². The molecule has 0 radical (unpaired) electrons. The van der Waals surface area contributed by atoms with Crippen molar-refractivity contribution in [1.29, 1.82) is 0 Å². The highest BCUT2D eigenvalue weighted by molar-refractivity contribution is 5.81. The van der Waals surface area contributed by atoms with Crippen molar-refractivity contribution in [3.05, 3.63) is 24.1 Å². The standard InChI is InChI=1S/C24H40N2O6/c1-10-11-17-12-19(21(29)31-23(4,5)6)26(13-17)20(22(30)32-24(7,8)9)15(2)18(14-27)25-16(3)28/h10-11,14-15,17,19-20,27H,12-13H2,1-9H3,(H,25,28)/t15-,17?,19?,20+/m0/s1. The van der Waals surface area contributed by atoms with Crippen LogP contribution in [0.5, 0.6) is 0 Å². The summed E-state index contributed by atoms with van der Waals surface area (Å²) in [4.78, 5) is 39.9. The summed E-state index contributed by atoms with van der Waals surface area (Å²) < 4.78 is 11.3. The van der Waals surface area contributed by atoms with Crippen LogP contribution in [-0.2, 0) is 23.9 Å². The third-order valence-electron chi connectivity index (χ3n) is 4.94. The van der Waals surface area contributed by atoms with Gasteiger partial charge in [0.15, 0.2) is 0 Å². The molecule has 0 aromatic rings. The normalized spacial score (nSPS) is 22.5. The molecule has 2 unspecified atom stereocenters. The number of rotatable bonds is 7. The molecule has 32 heavy (non-hydrogen) atoms. The van der Waals surface area contributed by atoms with E-state index in [0.717, 1.165) is 6.26 Å². The van der Waals surface area contributed by atoms with E-state index in [2.05, 4.69) is 5.32 Å². The monoisotopic (exact) mass is 452 g/mol. The maximum Gasteiger partial charge on any atom is 0.324 e. The van der Waals surface area contributed by atoms with Crippen LogP contribution in [0.25, 0.3) is 0 Å². The Labute approximate surface area is 192 Å². The Morgan fingerprint density at radius 3 is 2.09 bits per heavy atom. The molecule has 1 aliphatic rings. The summed E-state index contributed by atoms with van der Waals surface area (Å²) in [5, 5.41) is 12.3. The summed E-state index contributed by atoms with van der Waals surface area (Å²) in [6, 6.07) is -1.60. The maximum absolute atomic E-state index is 13.4. The van der Waals surface area contributed by atoms with Gasteiger partial charge in [0.1, 0.15) is 23.3 Å². The SMILES string of the molecule is CC=CC1CC(C(=O)OC(C)(C)C)N([C@@H](C(=O)OC(C)(C)C)[C@@H](C)C(=CO)NC(C)=O)C1. The molecular weight excluding hydrogens is 412 g/mol. The molecule has 1 aliphatic heterocycles. The Morgan fingerprint density at radius 1 is 1.09 bits per heavy atom. The lowest BCUT2D eigenvalue weighted by Crippen LogP contribution is -2.54. The lowest BCUT2D eigenvalue weighted by atomic mass is 9.95. The number of allylic oxidation sites excluding steroid dienone is 1. The highest BCUT2D eigenvalue weighted by Gasteiger charge is 2.47. The van der Waals surface area contributed by atoms with E-state index in [4.69, 9.17) is 9.47 Å². The van der Waals surface area contributed by atoms with Crippen molar-refractivity contribution in [3.8, 4) is 0 Å². The van der Waals surface area contributed by atoms with Crippen LogP contribution in [0.2, 0.25) is 0 Å². The van der Waals surface area contributed by atoms with E-state index in [-0.39, 0.29) is 17.5 Å². The maximum atomic E-state index is 13.4. The summed E-state index contributed by atoms with van der Waals surface area (Å²) >= 11 is 0. The first-order chi connectivity index (χ1) is 14.6.